The summed E-state index contributed by atoms with van der Waals surface area (Å²) in [5.74, 6) is 2.90. The van der Waals surface area contributed by atoms with Crippen LogP contribution in [-0.4, -0.2) is 35.9 Å². The maximum Gasteiger partial charge on any atom is 0.138 e. The highest BCUT2D eigenvalue weighted by atomic mass is 15.2. The van der Waals surface area contributed by atoms with Crippen molar-refractivity contribution in [1.29, 1.82) is 0 Å². The van der Waals surface area contributed by atoms with Gasteiger partial charge in [-0.05, 0) is 38.4 Å². The minimum Gasteiger partial charge on any atom is -0.348 e. The van der Waals surface area contributed by atoms with E-state index >= 15 is 0 Å². The van der Waals surface area contributed by atoms with Crippen molar-refractivity contribution in [2.45, 2.75) is 32.4 Å². The highest BCUT2D eigenvalue weighted by Crippen LogP contribution is 2.32. The number of pyridine rings is 1. The number of likely N-dealkylation sites (tertiary alicyclic amines) is 1. The summed E-state index contributed by atoms with van der Waals surface area (Å²) in [6, 6.07) is 6.59. The second kappa shape index (κ2) is 5.96. The van der Waals surface area contributed by atoms with Gasteiger partial charge in [-0.1, -0.05) is 6.07 Å². The third-order valence-corrected chi connectivity index (χ3v) is 4.44. The molecule has 1 aliphatic rings. The Hall–Kier alpha value is -2.47. The van der Waals surface area contributed by atoms with Crippen LogP contribution in [0, 0.1) is 6.92 Å². The fraction of sp³-hybridized carbons (Fsp3) is 0.353. The first kappa shape index (κ1) is 14.1. The second-order valence-corrected chi connectivity index (χ2v) is 5.93. The van der Waals surface area contributed by atoms with Crippen LogP contribution in [0.1, 0.15) is 36.2 Å². The molecular weight excluding hydrogens is 288 g/mol. The molecule has 23 heavy (non-hydrogen) atoms. The van der Waals surface area contributed by atoms with Crippen LogP contribution in [0.5, 0.6) is 0 Å². The lowest BCUT2D eigenvalue weighted by molar-refractivity contribution is 0.239. The van der Waals surface area contributed by atoms with Gasteiger partial charge in [0, 0.05) is 24.8 Å². The van der Waals surface area contributed by atoms with Crippen molar-refractivity contribution in [2.75, 3.05) is 6.54 Å². The van der Waals surface area contributed by atoms with E-state index in [1.54, 1.807) is 6.20 Å². The Labute approximate surface area is 135 Å². The third-order valence-electron chi connectivity index (χ3n) is 4.44. The number of hydrogen-bond acceptors (Lipinski definition) is 4. The predicted octanol–water partition coefficient (Wildman–Crippen LogP) is 2.64. The smallest absolute Gasteiger partial charge is 0.138 e. The molecule has 4 rings (SSSR count). The molecule has 0 saturated carbocycles. The zero-order valence-corrected chi connectivity index (χ0v) is 13.2. The quantitative estimate of drug-likeness (QED) is 0.805. The first-order chi connectivity index (χ1) is 11.3. The molecular formula is C17H20N6. The first-order valence-electron chi connectivity index (χ1n) is 8.01. The van der Waals surface area contributed by atoms with Crippen LogP contribution in [0.15, 0.2) is 43.0 Å². The summed E-state index contributed by atoms with van der Waals surface area (Å²) < 4.78 is 2.02. The normalized spacial score (nSPS) is 18.6. The molecule has 0 spiro atoms. The molecule has 6 heteroatoms. The van der Waals surface area contributed by atoms with Crippen molar-refractivity contribution in [3.8, 4) is 5.82 Å². The predicted molar refractivity (Wildman–Crippen MR) is 87.1 cm³/mol. The number of rotatable bonds is 4. The number of aromatic nitrogens is 5. The maximum absolute atomic E-state index is 4.89. The van der Waals surface area contributed by atoms with Gasteiger partial charge in [-0.2, -0.15) is 0 Å². The zero-order valence-electron chi connectivity index (χ0n) is 13.2. The van der Waals surface area contributed by atoms with Crippen LogP contribution < -0.4 is 0 Å². The molecule has 118 valence electrons. The summed E-state index contributed by atoms with van der Waals surface area (Å²) in [5.41, 5.74) is 1.12. The van der Waals surface area contributed by atoms with Gasteiger partial charge in [-0.15, -0.1) is 0 Å². The van der Waals surface area contributed by atoms with E-state index in [1.165, 1.54) is 6.42 Å². The Bertz CT molecular complexity index is 776. The monoisotopic (exact) mass is 308 g/mol. The van der Waals surface area contributed by atoms with Crippen LogP contribution in [0.4, 0.5) is 0 Å². The average molecular weight is 308 g/mol. The summed E-state index contributed by atoms with van der Waals surface area (Å²) in [6.07, 6.45) is 9.78. The van der Waals surface area contributed by atoms with Gasteiger partial charge >= 0.3 is 0 Å². The molecule has 1 atom stereocenters. The lowest BCUT2D eigenvalue weighted by Gasteiger charge is -2.23. The first-order valence-corrected chi connectivity index (χ1v) is 8.01. The number of nitrogens with zero attached hydrogens (tertiary/aromatic N) is 5. The van der Waals surface area contributed by atoms with Gasteiger partial charge in [0.1, 0.15) is 17.5 Å². The van der Waals surface area contributed by atoms with Crippen molar-refractivity contribution in [1.82, 2.24) is 29.4 Å². The zero-order chi connectivity index (χ0) is 15.6. The van der Waals surface area contributed by atoms with Crippen molar-refractivity contribution < 1.29 is 0 Å². The van der Waals surface area contributed by atoms with Crippen LogP contribution in [-0.2, 0) is 6.54 Å². The van der Waals surface area contributed by atoms with Gasteiger partial charge in [-0.25, -0.2) is 15.0 Å². The standard InChI is InChI=1S/C17H20N6/c1-13-18-9-11-23(13)17-6-2-4-14(21-17)15-5-3-10-22(15)12-16-19-7-8-20-16/h2,4,6-9,11,15H,3,5,10,12H2,1H3,(H,19,20). The largest absolute Gasteiger partial charge is 0.348 e. The van der Waals surface area contributed by atoms with E-state index in [-0.39, 0.29) is 0 Å². The fourth-order valence-electron chi connectivity index (χ4n) is 3.31. The van der Waals surface area contributed by atoms with Gasteiger partial charge < -0.3 is 4.98 Å². The van der Waals surface area contributed by atoms with E-state index in [2.05, 4.69) is 32.0 Å². The molecule has 4 heterocycles. The molecule has 1 fully saturated rings. The molecule has 3 aromatic rings. The molecule has 0 aliphatic carbocycles. The highest BCUT2D eigenvalue weighted by Gasteiger charge is 2.27. The number of aromatic amines is 1. The molecule has 0 aromatic carbocycles. The number of nitrogens with one attached hydrogen (secondary N) is 1. The van der Waals surface area contributed by atoms with E-state index in [4.69, 9.17) is 4.98 Å². The van der Waals surface area contributed by atoms with Crippen molar-refractivity contribution in [2.24, 2.45) is 0 Å². The maximum atomic E-state index is 4.89. The highest BCUT2D eigenvalue weighted by molar-refractivity contribution is 5.28. The van der Waals surface area contributed by atoms with Crippen LogP contribution in [0.25, 0.3) is 5.82 Å². The Morgan fingerprint density at radius 2 is 2.22 bits per heavy atom. The summed E-state index contributed by atoms with van der Waals surface area (Å²) >= 11 is 0. The fourth-order valence-corrected chi connectivity index (χ4v) is 3.31. The summed E-state index contributed by atoms with van der Waals surface area (Å²) in [4.78, 5) is 19.2. The Morgan fingerprint density at radius 3 is 3.00 bits per heavy atom. The summed E-state index contributed by atoms with van der Waals surface area (Å²) in [7, 11) is 0. The van der Waals surface area contributed by atoms with Crippen molar-refractivity contribution in [3.63, 3.8) is 0 Å². The Balaban J connectivity index is 1.60. The van der Waals surface area contributed by atoms with Gasteiger partial charge in [0.15, 0.2) is 0 Å². The second-order valence-electron chi connectivity index (χ2n) is 5.93. The van der Waals surface area contributed by atoms with Crippen LogP contribution in [0.2, 0.25) is 0 Å². The minimum absolute atomic E-state index is 0.351. The van der Waals surface area contributed by atoms with Crippen LogP contribution >= 0.6 is 0 Å². The summed E-state index contributed by atoms with van der Waals surface area (Å²) in [6.45, 7) is 3.92. The topological polar surface area (TPSA) is 62.6 Å². The molecule has 0 radical (unpaired) electrons. The lowest BCUT2D eigenvalue weighted by Crippen LogP contribution is -2.24. The third kappa shape index (κ3) is 2.77. The van der Waals surface area contributed by atoms with Crippen LogP contribution in [0.3, 0.4) is 0 Å². The molecule has 1 unspecified atom stereocenters. The molecule has 3 aromatic heterocycles. The van der Waals surface area contributed by atoms with Gasteiger partial charge in [0.2, 0.25) is 0 Å². The molecule has 0 bridgehead atoms. The number of imidazole rings is 2. The van der Waals surface area contributed by atoms with Crippen molar-refractivity contribution in [3.05, 3.63) is 60.3 Å². The van der Waals surface area contributed by atoms with E-state index in [9.17, 15) is 0 Å². The van der Waals surface area contributed by atoms with Gasteiger partial charge in [0.25, 0.3) is 0 Å². The molecule has 6 nitrogen and oxygen atoms in total. The van der Waals surface area contributed by atoms with Gasteiger partial charge in [0.05, 0.1) is 18.3 Å². The molecule has 1 saturated heterocycles. The summed E-state index contributed by atoms with van der Waals surface area (Å²) in [5, 5.41) is 0. The number of hydrogen-bond donors (Lipinski definition) is 1. The molecule has 1 N–H and O–H groups in total. The average Bonchev–Trinajstić information content (AvgIpc) is 3.30. The van der Waals surface area contributed by atoms with E-state index in [1.807, 2.05) is 36.1 Å². The van der Waals surface area contributed by atoms with E-state index in [0.29, 0.717) is 6.04 Å². The van der Waals surface area contributed by atoms with Crippen molar-refractivity contribution >= 4 is 0 Å². The number of aryl methyl sites for hydroxylation is 1. The SMILES string of the molecule is Cc1nccn1-c1cccc(C2CCCN2Cc2ncc[nH]2)n1. The van der Waals surface area contributed by atoms with E-state index < -0.39 is 0 Å². The Morgan fingerprint density at radius 1 is 1.26 bits per heavy atom. The van der Waals surface area contributed by atoms with E-state index in [0.717, 1.165) is 42.7 Å². The Kier molecular flexibility index (Phi) is 3.67. The molecule has 1 aliphatic heterocycles. The van der Waals surface area contributed by atoms with Gasteiger partial charge in [-0.3, -0.25) is 9.47 Å². The molecule has 0 amide bonds. The minimum atomic E-state index is 0.351. The lowest BCUT2D eigenvalue weighted by atomic mass is 10.1. The number of H-pyrrole nitrogens is 1.